The van der Waals surface area contributed by atoms with Crippen molar-refractivity contribution in [3.63, 3.8) is 0 Å². The first kappa shape index (κ1) is 16.5. The van der Waals surface area contributed by atoms with Crippen LogP contribution in [0.4, 0.5) is 5.69 Å². The molecule has 5 nitrogen and oxygen atoms in total. The summed E-state index contributed by atoms with van der Waals surface area (Å²) in [5, 5.41) is 5.70. The Balaban J connectivity index is 1.63. The van der Waals surface area contributed by atoms with Crippen LogP contribution in [-0.4, -0.2) is 31.1 Å². The molecule has 120 valence electrons. The van der Waals surface area contributed by atoms with Gasteiger partial charge in [-0.3, -0.25) is 9.59 Å². The predicted molar refractivity (Wildman–Crippen MR) is 85.6 cm³/mol. The number of amides is 2. The van der Waals surface area contributed by atoms with Crippen LogP contribution in [0.25, 0.3) is 0 Å². The van der Waals surface area contributed by atoms with Crippen molar-refractivity contribution in [2.45, 2.75) is 45.1 Å². The minimum atomic E-state index is -0.254. The summed E-state index contributed by atoms with van der Waals surface area (Å²) < 4.78 is 5.18. The van der Waals surface area contributed by atoms with Gasteiger partial charge in [-0.2, -0.15) is 0 Å². The van der Waals surface area contributed by atoms with Crippen LogP contribution in [0.15, 0.2) is 24.3 Å². The summed E-state index contributed by atoms with van der Waals surface area (Å²) in [5.41, 5.74) is 1.81. The fourth-order valence-corrected chi connectivity index (χ4v) is 2.67. The van der Waals surface area contributed by atoms with Crippen LogP contribution >= 0.6 is 0 Å². The highest BCUT2D eigenvalue weighted by Gasteiger charge is 2.15. The molecular weight excluding hydrogens is 280 g/mol. The molecule has 1 aromatic rings. The molecule has 0 bridgehead atoms. The van der Waals surface area contributed by atoms with E-state index in [1.165, 1.54) is 19.3 Å². The largest absolute Gasteiger partial charge is 0.362 e. The first-order valence-electron chi connectivity index (χ1n) is 7.87. The van der Waals surface area contributed by atoms with Crippen molar-refractivity contribution in [2.24, 2.45) is 0 Å². The molecule has 2 rings (SSSR count). The van der Waals surface area contributed by atoms with E-state index in [1.807, 2.05) is 31.2 Å². The maximum Gasteiger partial charge on any atom is 0.250 e. The maximum atomic E-state index is 11.7. The summed E-state index contributed by atoms with van der Waals surface area (Å²) in [5.74, 6) is -0.397. The van der Waals surface area contributed by atoms with E-state index >= 15 is 0 Å². The Morgan fingerprint density at radius 2 is 1.86 bits per heavy atom. The smallest absolute Gasteiger partial charge is 0.250 e. The van der Waals surface area contributed by atoms with Crippen LogP contribution in [0.5, 0.6) is 0 Å². The summed E-state index contributed by atoms with van der Waals surface area (Å²) >= 11 is 0. The minimum Gasteiger partial charge on any atom is -0.362 e. The van der Waals surface area contributed by atoms with Gasteiger partial charge in [0, 0.05) is 11.7 Å². The molecule has 5 heteroatoms. The molecule has 0 unspecified atom stereocenters. The quantitative estimate of drug-likeness (QED) is 0.848. The number of hydrogen-bond acceptors (Lipinski definition) is 3. The number of anilines is 1. The molecule has 0 spiro atoms. The van der Waals surface area contributed by atoms with E-state index in [2.05, 4.69) is 10.6 Å². The third-order valence-corrected chi connectivity index (χ3v) is 3.74. The molecule has 1 aromatic carbocycles. The van der Waals surface area contributed by atoms with Gasteiger partial charge in [0.05, 0.1) is 0 Å². The zero-order valence-electron chi connectivity index (χ0n) is 13.1. The standard InChI is InChI=1S/C17H24N2O3/c1-13-6-5-9-15(10-13)19-17(21)12-22-11-16(20)18-14-7-3-2-4-8-14/h5-6,9-10,14H,2-4,7-8,11-12H2,1H3,(H,18,20)(H,19,21). The Morgan fingerprint density at radius 3 is 2.59 bits per heavy atom. The lowest BCUT2D eigenvalue weighted by Crippen LogP contribution is -2.38. The number of benzene rings is 1. The van der Waals surface area contributed by atoms with Crippen molar-refractivity contribution in [2.75, 3.05) is 18.5 Å². The Hall–Kier alpha value is -1.88. The molecule has 2 N–H and O–H groups in total. The number of aryl methyl sites for hydroxylation is 1. The first-order valence-corrected chi connectivity index (χ1v) is 7.87. The molecule has 1 aliphatic rings. The van der Waals surface area contributed by atoms with Gasteiger partial charge in [-0.15, -0.1) is 0 Å². The topological polar surface area (TPSA) is 67.4 Å². The zero-order valence-corrected chi connectivity index (χ0v) is 13.1. The van der Waals surface area contributed by atoms with Gasteiger partial charge in [-0.1, -0.05) is 31.4 Å². The normalized spacial score (nSPS) is 15.3. The van der Waals surface area contributed by atoms with Gasteiger partial charge >= 0.3 is 0 Å². The third kappa shape index (κ3) is 5.85. The lowest BCUT2D eigenvalue weighted by molar-refractivity contribution is -0.129. The summed E-state index contributed by atoms with van der Waals surface area (Å²) in [6, 6.07) is 7.81. The Bertz CT molecular complexity index is 510. The second kappa shape index (κ2) is 8.54. The van der Waals surface area contributed by atoms with Crippen molar-refractivity contribution in [3.05, 3.63) is 29.8 Å². The van der Waals surface area contributed by atoms with Gasteiger partial charge in [0.1, 0.15) is 13.2 Å². The monoisotopic (exact) mass is 304 g/mol. The highest BCUT2D eigenvalue weighted by molar-refractivity contribution is 5.92. The SMILES string of the molecule is Cc1cccc(NC(=O)COCC(=O)NC2CCCCC2)c1. The molecule has 0 aromatic heterocycles. The number of ether oxygens (including phenoxy) is 1. The molecule has 1 aliphatic carbocycles. The predicted octanol–water partition coefficient (Wildman–Crippen LogP) is 2.40. The Kier molecular flexibility index (Phi) is 6.40. The van der Waals surface area contributed by atoms with E-state index in [4.69, 9.17) is 4.74 Å². The first-order chi connectivity index (χ1) is 10.6. The van der Waals surface area contributed by atoms with Crippen LogP contribution < -0.4 is 10.6 Å². The summed E-state index contributed by atoms with van der Waals surface area (Å²) in [4.78, 5) is 23.5. The summed E-state index contributed by atoms with van der Waals surface area (Å²) in [7, 11) is 0. The fraction of sp³-hybridized carbons (Fsp3) is 0.529. The zero-order chi connectivity index (χ0) is 15.8. The van der Waals surface area contributed by atoms with Crippen molar-refractivity contribution in [1.82, 2.24) is 5.32 Å². The van der Waals surface area contributed by atoms with Gasteiger partial charge in [-0.25, -0.2) is 0 Å². The number of nitrogens with one attached hydrogen (secondary N) is 2. The van der Waals surface area contributed by atoms with E-state index in [1.54, 1.807) is 0 Å². The van der Waals surface area contributed by atoms with E-state index in [9.17, 15) is 9.59 Å². The van der Waals surface area contributed by atoms with Gasteiger partial charge in [-0.05, 0) is 37.5 Å². The van der Waals surface area contributed by atoms with Crippen molar-refractivity contribution < 1.29 is 14.3 Å². The van der Waals surface area contributed by atoms with Crippen LogP contribution in [0.2, 0.25) is 0 Å². The molecule has 1 saturated carbocycles. The molecule has 0 saturated heterocycles. The van der Waals surface area contributed by atoms with E-state index < -0.39 is 0 Å². The van der Waals surface area contributed by atoms with E-state index in [-0.39, 0.29) is 31.1 Å². The highest BCUT2D eigenvalue weighted by atomic mass is 16.5. The molecule has 0 radical (unpaired) electrons. The Labute approximate surface area is 131 Å². The van der Waals surface area contributed by atoms with Crippen LogP contribution in [0, 0.1) is 6.92 Å². The highest BCUT2D eigenvalue weighted by Crippen LogP contribution is 2.17. The maximum absolute atomic E-state index is 11.7. The molecule has 0 aliphatic heterocycles. The average molecular weight is 304 g/mol. The second-order valence-corrected chi connectivity index (χ2v) is 5.81. The summed E-state index contributed by atoms with van der Waals surface area (Å²) in [6.07, 6.45) is 5.68. The Morgan fingerprint density at radius 1 is 1.14 bits per heavy atom. The van der Waals surface area contributed by atoms with E-state index in [0.717, 1.165) is 24.1 Å². The number of hydrogen-bond donors (Lipinski definition) is 2. The summed E-state index contributed by atoms with van der Waals surface area (Å²) in [6.45, 7) is 1.77. The average Bonchev–Trinajstić information content (AvgIpc) is 2.48. The number of carbonyl (C=O) groups is 2. The molecule has 2 amide bonds. The van der Waals surface area contributed by atoms with Crippen LogP contribution in [-0.2, 0) is 14.3 Å². The van der Waals surface area contributed by atoms with Crippen molar-refractivity contribution in [1.29, 1.82) is 0 Å². The van der Waals surface area contributed by atoms with Crippen LogP contribution in [0.3, 0.4) is 0 Å². The molecule has 0 atom stereocenters. The third-order valence-electron chi connectivity index (χ3n) is 3.74. The van der Waals surface area contributed by atoms with Gasteiger partial charge in [0.15, 0.2) is 0 Å². The van der Waals surface area contributed by atoms with Crippen molar-refractivity contribution in [3.8, 4) is 0 Å². The van der Waals surface area contributed by atoms with Gasteiger partial charge in [0.25, 0.3) is 0 Å². The second-order valence-electron chi connectivity index (χ2n) is 5.81. The number of carbonyl (C=O) groups excluding carboxylic acids is 2. The lowest BCUT2D eigenvalue weighted by Gasteiger charge is -2.22. The molecule has 0 heterocycles. The fourth-order valence-electron chi connectivity index (χ4n) is 2.67. The molecule has 1 fully saturated rings. The molecule has 22 heavy (non-hydrogen) atoms. The van der Waals surface area contributed by atoms with Crippen LogP contribution in [0.1, 0.15) is 37.7 Å². The molecular formula is C17H24N2O3. The number of rotatable bonds is 6. The van der Waals surface area contributed by atoms with Gasteiger partial charge < -0.3 is 15.4 Å². The lowest BCUT2D eigenvalue weighted by atomic mass is 9.95. The van der Waals surface area contributed by atoms with E-state index in [0.29, 0.717) is 0 Å². The van der Waals surface area contributed by atoms with Crippen molar-refractivity contribution >= 4 is 17.5 Å². The minimum absolute atomic E-state index is 0.0717. The van der Waals surface area contributed by atoms with Gasteiger partial charge in [0.2, 0.25) is 11.8 Å².